The molecule has 2 aromatic heterocycles. The zero-order valence-electron chi connectivity index (χ0n) is 6.37. The first-order valence-electron chi connectivity index (χ1n) is 3.51. The third kappa shape index (κ3) is 1.47. The van der Waals surface area contributed by atoms with Gasteiger partial charge in [-0.2, -0.15) is 5.10 Å². The summed E-state index contributed by atoms with van der Waals surface area (Å²) in [5, 5.41) is 3.51. The number of aromatic nitrogens is 2. The quantitative estimate of drug-likeness (QED) is 0.737. The van der Waals surface area contributed by atoms with E-state index >= 15 is 0 Å². The van der Waals surface area contributed by atoms with Crippen LogP contribution < -0.4 is 0 Å². The predicted molar refractivity (Wildman–Crippen MR) is 53.1 cm³/mol. The fourth-order valence-electron chi connectivity index (χ4n) is 1.09. The Bertz CT molecular complexity index is 480. The van der Waals surface area contributed by atoms with Crippen LogP contribution >= 0.6 is 27.5 Å². The molecule has 0 aliphatic rings. The van der Waals surface area contributed by atoms with Crippen LogP contribution in [0.1, 0.15) is 10.4 Å². The molecule has 13 heavy (non-hydrogen) atoms. The van der Waals surface area contributed by atoms with Crippen LogP contribution in [0.5, 0.6) is 0 Å². The van der Waals surface area contributed by atoms with Crippen molar-refractivity contribution in [3.05, 3.63) is 34.6 Å². The summed E-state index contributed by atoms with van der Waals surface area (Å²) in [6, 6.07) is 3.51. The lowest BCUT2D eigenvalue weighted by molar-refractivity contribution is 0.108. The first kappa shape index (κ1) is 8.72. The summed E-state index contributed by atoms with van der Waals surface area (Å²) in [5.41, 5.74) is 1.33. The fraction of sp³-hybridized carbons (Fsp3) is 0. The monoisotopic (exact) mass is 258 g/mol. The Hall–Kier alpha value is -0.870. The number of halogens is 2. The number of carbonyl (C=O) groups is 1. The lowest BCUT2D eigenvalue weighted by atomic mass is 10.3. The largest absolute Gasteiger partial charge is 0.276 e. The van der Waals surface area contributed by atoms with E-state index < -0.39 is 5.24 Å². The van der Waals surface area contributed by atoms with Gasteiger partial charge in [0.25, 0.3) is 5.24 Å². The van der Waals surface area contributed by atoms with Crippen LogP contribution in [-0.4, -0.2) is 14.9 Å². The summed E-state index contributed by atoms with van der Waals surface area (Å²) in [5.74, 6) is 0. The standard InChI is InChI=1S/C8H4BrClN2O/c9-6-3-5(8(10)13)4-12-7(6)1-2-11-12/h1-4H. The number of fused-ring (bicyclic) bond motifs is 1. The van der Waals surface area contributed by atoms with Crippen LogP contribution in [0.2, 0.25) is 0 Å². The number of hydrogen-bond donors (Lipinski definition) is 0. The van der Waals surface area contributed by atoms with E-state index in [-0.39, 0.29) is 0 Å². The van der Waals surface area contributed by atoms with Crippen molar-refractivity contribution in [3.8, 4) is 0 Å². The second-order valence-corrected chi connectivity index (χ2v) is 3.71. The highest BCUT2D eigenvalue weighted by Crippen LogP contribution is 2.19. The zero-order chi connectivity index (χ0) is 9.42. The summed E-state index contributed by atoms with van der Waals surface area (Å²) in [6.45, 7) is 0. The molecular formula is C8H4BrClN2O. The molecule has 5 heteroatoms. The molecule has 0 saturated heterocycles. The number of nitrogens with zero attached hydrogens (tertiary/aromatic N) is 2. The Morgan fingerprint density at radius 3 is 3.08 bits per heavy atom. The summed E-state index contributed by atoms with van der Waals surface area (Å²) in [4.78, 5) is 10.9. The SMILES string of the molecule is O=C(Cl)c1cc(Br)c2ccnn2c1. The molecule has 3 nitrogen and oxygen atoms in total. The lowest BCUT2D eigenvalue weighted by Gasteiger charge is -1.98. The minimum Gasteiger partial charge on any atom is -0.276 e. The Morgan fingerprint density at radius 2 is 2.38 bits per heavy atom. The molecule has 0 bridgehead atoms. The molecule has 0 unspecified atom stereocenters. The highest BCUT2D eigenvalue weighted by Gasteiger charge is 2.06. The summed E-state index contributed by atoms with van der Waals surface area (Å²) < 4.78 is 2.40. The van der Waals surface area contributed by atoms with Gasteiger partial charge in [-0.1, -0.05) is 0 Å². The van der Waals surface area contributed by atoms with E-state index in [0.29, 0.717) is 5.56 Å². The van der Waals surface area contributed by atoms with Gasteiger partial charge in [-0.15, -0.1) is 0 Å². The molecule has 2 aromatic rings. The maximum absolute atomic E-state index is 10.9. The van der Waals surface area contributed by atoms with Gasteiger partial charge in [0.1, 0.15) is 0 Å². The summed E-state index contributed by atoms with van der Waals surface area (Å²) >= 11 is 8.67. The molecule has 0 spiro atoms. The third-order valence-corrected chi connectivity index (χ3v) is 2.54. The second-order valence-electron chi connectivity index (χ2n) is 2.51. The van der Waals surface area contributed by atoms with Gasteiger partial charge < -0.3 is 0 Å². The molecule has 0 aliphatic heterocycles. The molecule has 0 atom stereocenters. The van der Waals surface area contributed by atoms with E-state index in [0.717, 1.165) is 9.99 Å². The van der Waals surface area contributed by atoms with Crippen LogP contribution in [0, 0.1) is 0 Å². The number of pyridine rings is 1. The molecule has 0 aliphatic carbocycles. The van der Waals surface area contributed by atoms with E-state index in [1.165, 1.54) is 0 Å². The number of carbonyl (C=O) groups excluding carboxylic acids is 1. The molecule has 66 valence electrons. The van der Waals surface area contributed by atoms with E-state index in [2.05, 4.69) is 21.0 Å². The maximum Gasteiger partial charge on any atom is 0.253 e. The Labute approximate surface area is 87.4 Å². The van der Waals surface area contributed by atoms with Gasteiger partial charge in [-0.3, -0.25) is 4.79 Å². The first-order chi connectivity index (χ1) is 6.18. The average Bonchev–Trinajstić information content (AvgIpc) is 2.51. The molecule has 2 rings (SSSR count). The summed E-state index contributed by atoms with van der Waals surface area (Å²) in [6.07, 6.45) is 3.25. The average molecular weight is 259 g/mol. The minimum absolute atomic E-state index is 0.421. The second kappa shape index (κ2) is 3.12. The van der Waals surface area contributed by atoms with Gasteiger partial charge in [-0.05, 0) is 39.7 Å². The highest BCUT2D eigenvalue weighted by molar-refractivity contribution is 9.10. The Balaban J connectivity index is 2.77. The molecule has 0 radical (unpaired) electrons. The number of rotatable bonds is 1. The van der Waals surface area contributed by atoms with Crippen molar-refractivity contribution in [2.24, 2.45) is 0 Å². The normalized spacial score (nSPS) is 10.6. The molecule has 0 N–H and O–H groups in total. The van der Waals surface area contributed by atoms with Crippen molar-refractivity contribution in [2.75, 3.05) is 0 Å². The fourth-order valence-corrected chi connectivity index (χ4v) is 1.76. The van der Waals surface area contributed by atoms with Crippen molar-refractivity contribution in [2.45, 2.75) is 0 Å². The van der Waals surface area contributed by atoms with Crippen LogP contribution in [0.25, 0.3) is 5.52 Å². The molecule has 2 heterocycles. The van der Waals surface area contributed by atoms with Crippen LogP contribution in [0.15, 0.2) is 29.0 Å². The molecule has 0 saturated carbocycles. The van der Waals surface area contributed by atoms with E-state index in [1.54, 1.807) is 23.0 Å². The van der Waals surface area contributed by atoms with Gasteiger partial charge in [-0.25, -0.2) is 4.52 Å². The van der Waals surface area contributed by atoms with Gasteiger partial charge >= 0.3 is 0 Å². The first-order valence-corrected chi connectivity index (χ1v) is 4.68. The van der Waals surface area contributed by atoms with Crippen LogP contribution in [0.4, 0.5) is 0 Å². The van der Waals surface area contributed by atoms with Gasteiger partial charge in [0.15, 0.2) is 0 Å². The third-order valence-electron chi connectivity index (χ3n) is 1.69. The van der Waals surface area contributed by atoms with Crippen molar-refractivity contribution >= 4 is 38.3 Å². The lowest BCUT2D eigenvalue weighted by Crippen LogP contribution is -1.95. The van der Waals surface area contributed by atoms with Crippen molar-refractivity contribution < 1.29 is 4.79 Å². The molecule has 0 amide bonds. The maximum atomic E-state index is 10.9. The van der Waals surface area contributed by atoms with Crippen LogP contribution in [0.3, 0.4) is 0 Å². The van der Waals surface area contributed by atoms with E-state index in [9.17, 15) is 4.79 Å². The van der Waals surface area contributed by atoms with Crippen molar-refractivity contribution in [3.63, 3.8) is 0 Å². The predicted octanol–water partition coefficient (Wildman–Crippen LogP) is 2.48. The summed E-state index contributed by atoms with van der Waals surface area (Å²) in [7, 11) is 0. The molecule has 0 fully saturated rings. The van der Waals surface area contributed by atoms with E-state index in [1.807, 2.05) is 6.07 Å². The molecule has 0 aromatic carbocycles. The van der Waals surface area contributed by atoms with E-state index in [4.69, 9.17) is 11.6 Å². The smallest absolute Gasteiger partial charge is 0.253 e. The van der Waals surface area contributed by atoms with Gasteiger partial charge in [0.2, 0.25) is 0 Å². The topological polar surface area (TPSA) is 34.4 Å². The zero-order valence-corrected chi connectivity index (χ0v) is 8.71. The number of hydrogen-bond acceptors (Lipinski definition) is 2. The van der Waals surface area contributed by atoms with Gasteiger partial charge in [0.05, 0.1) is 17.3 Å². The Morgan fingerprint density at radius 1 is 1.62 bits per heavy atom. The van der Waals surface area contributed by atoms with Crippen molar-refractivity contribution in [1.82, 2.24) is 9.61 Å². The van der Waals surface area contributed by atoms with Crippen molar-refractivity contribution in [1.29, 1.82) is 0 Å². The molecular weight excluding hydrogens is 255 g/mol. The highest BCUT2D eigenvalue weighted by atomic mass is 79.9. The van der Waals surface area contributed by atoms with Crippen LogP contribution in [-0.2, 0) is 0 Å². The van der Waals surface area contributed by atoms with Gasteiger partial charge in [0, 0.05) is 10.7 Å². The Kier molecular flexibility index (Phi) is 2.09. The minimum atomic E-state index is -0.488.